The number of fused-ring (bicyclic) bond motifs is 1. The summed E-state index contributed by atoms with van der Waals surface area (Å²) >= 11 is 0. The summed E-state index contributed by atoms with van der Waals surface area (Å²) in [6.45, 7) is 0.747. The van der Waals surface area contributed by atoms with Crippen LogP contribution in [0.2, 0.25) is 0 Å². The van der Waals surface area contributed by atoms with Crippen LogP contribution in [0.5, 0.6) is 11.5 Å². The van der Waals surface area contributed by atoms with Gasteiger partial charge in [-0.15, -0.1) is 0 Å². The molecule has 2 amide bonds. The van der Waals surface area contributed by atoms with E-state index in [1.165, 1.54) is 0 Å². The van der Waals surface area contributed by atoms with Gasteiger partial charge in [0, 0.05) is 17.7 Å². The largest absolute Gasteiger partial charge is 0.456 e. The van der Waals surface area contributed by atoms with Crippen molar-refractivity contribution in [3.63, 3.8) is 0 Å². The van der Waals surface area contributed by atoms with Gasteiger partial charge in [0.1, 0.15) is 23.7 Å². The highest BCUT2D eigenvalue weighted by Gasteiger charge is 2.49. The number of benzene rings is 1. The van der Waals surface area contributed by atoms with Crippen molar-refractivity contribution in [3.8, 4) is 11.5 Å². The van der Waals surface area contributed by atoms with Crippen LogP contribution in [0.4, 0.5) is 0 Å². The summed E-state index contributed by atoms with van der Waals surface area (Å²) in [7, 11) is 0. The van der Waals surface area contributed by atoms with E-state index < -0.39 is 0 Å². The molecule has 3 unspecified atom stereocenters. The second kappa shape index (κ2) is 8.04. The fourth-order valence-electron chi connectivity index (χ4n) is 3.89. The van der Waals surface area contributed by atoms with Crippen LogP contribution in [-0.4, -0.2) is 54.3 Å². The molecular formula is C22H23N3O5. The lowest BCUT2D eigenvalue weighted by atomic mass is 10.1. The summed E-state index contributed by atoms with van der Waals surface area (Å²) < 4.78 is 17.5. The first-order valence-electron chi connectivity index (χ1n) is 10.2. The van der Waals surface area contributed by atoms with Gasteiger partial charge in [0.15, 0.2) is 0 Å². The van der Waals surface area contributed by atoms with Crippen LogP contribution in [0.25, 0.3) is 0 Å². The molecule has 4 atom stereocenters. The molecule has 8 nitrogen and oxygen atoms in total. The van der Waals surface area contributed by atoms with Crippen molar-refractivity contribution in [2.24, 2.45) is 5.92 Å². The summed E-state index contributed by atoms with van der Waals surface area (Å²) in [6.07, 6.45) is 4.68. The van der Waals surface area contributed by atoms with Gasteiger partial charge in [-0.1, -0.05) is 6.07 Å². The molecular weight excluding hydrogens is 386 g/mol. The van der Waals surface area contributed by atoms with Gasteiger partial charge >= 0.3 is 0 Å². The van der Waals surface area contributed by atoms with E-state index in [9.17, 15) is 9.59 Å². The second-order valence-electron chi connectivity index (χ2n) is 7.88. The molecule has 1 aromatic carbocycles. The van der Waals surface area contributed by atoms with Crippen LogP contribution in [0.3, 0.4) is 0 Å². The number of hydrogen-bond donors (Lipinski definition) is 2. The molecule has 2 aliphatic heterocycles. The highest BCUT2D eigenvalue weighted by molar-refractivity contribution is 5.94. The summed E-state index contributed by atoms with van der Waals surface area (Å²) in [5, 5.41) is 6.02. The Labute approximate surface area is 173 Å². The highest BCUT2D eigenvalue weighted by Crippen LogP contribution is 2.31. The third-order valence-corrected chi connectivity index (χ3v) is 5.61. The first-order chi connectivity index (χ1) is 14.7. The summed E-state index contributed by atoms with van der Waals surface area (Å²) in [5.41, 5.74) is 0.483. The van der Waals surface area contributed by atoms with E-state index >= 15 is 0 Å². The molecule has 3 aliphatic rings. The van der Waals surface area contributed by atoms with Gasteiger partial charge in [0.05, 0.1) is 31.5 Å². The van der Waals surface area contributed by atoms with Crippen LogP contribution >= 0.6 is 0 Å². The standard InChI is InChI=1S/C22H23N3O5/c26-21(13-6-7-13)24-17-11-28-20-18(12-29-19(17)20)25-22(27)14-3-1-4-15(9-14)30-16-5-2-8-23-10-16/h1-5,8-10,13,17-20H,6-7,11-12H2,(H,24,26)(H,25,27)/t17-,18?,19?,20?/m0/s1. The Hall–Kier alpha value is -2.97. The van der Waals surface area contributed by atoms with E-state index in [-0.39, 0.29) is 42.0 Å². The third-order valence-electron chi connectivity index (χ3n) is 5.61. The summed E-state index contributed by atoms with van der Waals surface area (Å²) in [4.78, 5) is 28.9. The van der Waals surface area contributed by atoms with Gasteiger partial charge in [-0.2, -0.15) is 0 Å². The Morgan fingerprint density at radius 1 is 0.967 bits per heavy atom. The molecule has 0 radical (unpaired) electrons. The monoisotopic (exact) mass is 409 g/mol. The van der Waals surface area contributed by atoms with Gasteiger partial charge < -0.3 is 24.8 Å². The van der Waals surface area contributed by atoms with E-state index in [0.29, 0.717) is 30.3 Å². The molecule has 2 aromatic rings. The minimum atomic E-state index is -0.270. The third kappa shape index (κ3) is 4.01. The average molecular weight is 409 g/mol. The number of amides is 2. The lowest BCUT2D eigenvalue weighted by molar-refractivity contribution is -0.123. The molecule has 1 aliphatic carbocycles. The van der Waals surface area contributed by atoms with Gasteiger partial charge in [-0.3, -0.25) is 14.6 Å². The number of carbonyl (C=O) groups excluding carboxylic acids is 2. The number of aromatic nitrogens is 1. The van der Waals surface area contributed by atoms with Gasteiger partial charge in [-0.05, 0) is 43.2 Å². The van der Waals surface area contributed by atoms with Gasteiger partial charge in [0.2, 0.25) is 5.91 Å². The maximum absolute atomic E-state index is 12.8. The molecule has 1 aromatic heterocycles. The number of nitrogens with one attached hydrogen (secondary N) is 2. The molecule has 2 saturated heterocycles. The molecule has 8 heteroatoms. The zero-order chi connectivity index (χ0) is 20.5. The summed E-state index contributed by atoms with van der Waals surface area (Å²) in [5.74, 6) is 1.14. The van der Waals surface area contributed by atoms with Crippen LogP contribution < -0.4 is 15.4 Å². The Kier molecular flexibility index (Phi) is 5.10. The summed E-state index contributed by atoms with van der Waals surface area (Å²) in [6, 6.07) is 10.1. The van der Waals surface area contributed by atoms with Crippen molar-refractivity contribution in [2.75, 3.05) is 13.2 Å². The number of rotatable bonds is 6. The maximum Gasteiger partial charge on any atom is 0.251 e. The van der Waals surface area contributed by atoms with Crippen LogP contribution in [0, 0.1) is 5.92 Å². The number of pyridine rings is 1. The number of ether oxygens (including phenoxy) is 3. The van der Waals surface area contributed by atoms with Gasteiger partial charge in [0.25, 0.3) is 5.91 Å². The van der Waals surface area contributed by atoms with E-state index in [1.54, 1.807) is 48.8 Å². The lowest BCUT2D eigenvalue weighted by Crippen LogP contribution is -2.47. The zero-order valence-electron chi connectivity index (χ0n) is 16.3. The molecule has 5 rings (SSSR count). The van der Waals surface area contributed by atoms with E-state index in [4.69, 9.17) is 14.2 Å². The van der Waals surface area contributed by atoms with E-state index in [0.717, 1.165) is 12.8 Å². The molecule has 0 bridgehead atoms. The number of carbonyl (C=O) groups is 2. The normalized spacial score (nSPS) is 27.3. The highest BCUT2D eigenvalue weighted by atomic mass is 16.6. The van der Waals surface area contributed by atoms with Crippen molar-refractivity contribution in [1.82, 2.24) is 15.6 Å². The molecule has 156 valence electrons. The zero-order valence-corrected chi connectivity index (χ0v) is 16.3. The minimum absolute atomic E-state index is 0.0748. The van der Waals surface area contributed by atoms with Crippen LogP contribution in [0.15, 0.2) is 48.8 Å². The molecule has 30 heavy (non-hydrogen) atoms. The quantitative estimate of drug-likeness (QED) is 0.753. The Bertz CT molecular complexity index is 933. The van der Waals surface area contributed by atoms with E-state index in [2.05, 4.69) is 15.6 Å². The fourth-order valence-corrected chi connectivity index (χ4v) is 3.89. The lowest BCUT2D eigenvalue weighted by Gasteiger charge is -2.18. The van der Waals surface area contributed by atoms with Crippen molar-refractivity contribution in [1.29, 1.82) is 0 Å². The van der Waals surface area contributed by atoms with E-state index in [1.807, 2.05) is 0 Å². The SMILES string of the molecule is O=C(NC1COC2C1OC[C@@H]2NC(=O)C1CC1)c1cccc(Oc2cccnc2)c1. The molecule has 2 N–H and O–H groups in total. The van der Waals surface area contributed by atoms with Crippen LogP contribution in [-0.2, 0) is 14.3 Å². The number of hydrogen-bond acceptors (Lipinski definition) is 6. The fraction of sp³-hybridized carbons (Fsp3) is 0.409. The van der Waals surface area contributed by atoms with Crippen LogP contribution in [0.1, 0.15) is 23.2 Å². The Balaban J connectivity index is 1.20. The van der Waals surface area contributed by atoms with Crippen molar-refractivity contribution >= 4 is 11.8 Å². The molecule has 1 saturated carbocycles. The average Bonchev–Trinajstić information content (AvgIpc) is 3.44. The first-order valence-corrected chi connectivity index (χ1v) is 10.2. The van der Waals surface area contributed by atoms with Crippen molar-refractivity contribution in [3.05, 3.63) is 54.4 Å². The topological polar surface area (TPSA) is 98.8 Å². The second-order valence-corrected chi connectivity index (χ2v) is 7.88. The predicted octanol–water partition coefficient (Wildman–Crippen LogP) is 1.66. The van der Waals surface area contributed by atoms with Crippen molar-refractivity contribution < 1.29 is 23.8 Å². The smallest absolute Gasteiger partial charge is 0.251 e. The van der Waals surface area contributed by atoms with Gasteiger partial charge in [-0.25, -0.2) is 0 Å². The predicted molar refractivity (Wildman–Crippen MR) is 106 cm³/mol. The minimum Gasteiger partial charge on any atom is -0.456 e. The Morgan fingerprint density at radius 2 is 1.70 bits per heavy atom. The Morgan fingerprint density at radius 3 is 2.40 bits per heavy atom. The maximum atomic E-state index is 12.8. The molecule has 0 spiro atoms. The number of nitrogens with zero attached hydrogens (tertiary/aromatic N) is 1. The van der Waals surface area contributed by atoms with Crippen molar-refractivity contribution in [2.45, 2.75) is 37.1 Å². The first kappa shape index (κ1) is 19.0. The molecule has 3 fully saturated rings. The molecule has 3 heterocycles.